The number of carbonyl (C=O) groups excluding carboxylic acids is 1. The Hall–Kier alpha value is -2.09. The van der Waals surface area contributed by atoms with Crippen molar-refractivity contribution in [3.63, 3.8) is 0 Å². The number of hydrogen-bond acceptors (Lipinski definition) is 5. The molecule has 0 aliphatic carbocycles. The Kier molecular flexibility index (Phi) is 5.51. The molecule has 0 spiro atoms. The number of rotatable bonds is 6. The van der Waals surface area contributed by atoms with E-state index in [0.29, 0.717) is 6.54 Å². The van der Waals surface area contributed by atoms with Gasteiger partial charge in [0.15, 0.2) is 0 Å². The van der Waals surface area contributed by atoms with Crippen LogP contribution < -0.4 is 0 Å². The zero-order valence-electron chi connectivity index (χ0n) is 11.1. The molecule has 0 saturated carbocycles. The lowest BCUT2D eigenvalue weighted by Gasteiger charge is -2.09. The second-order valence-corrected chi connectivity index (χ2v) is 5.69. The number of ether oxygens (including phenoxy) is 1. The molecular formula is C11H14N4O4S. The van der Waals surface area contributed by atoms with Gasteiger partial charge in [0.1, 0.15) is 6.61 Å². The van der Waals surface area contributed by atoms with Gasteiger partial charge in [-0.2, -0.15) is 0 Å². The Balaban J connectivity index is 2.76. The first-order valence-electron chi connectivity index (χ1n) is 5.60. The van der Waals surface area contributed by atoms with E-state index in [2.05, 4.69) is 9.43 Å². The summed E-state index contributed by atoms with van der Waals surface area (Å²) in [6.45, 7) is 0.833. The minimum Gasteiger partial charge on any atom is -0.461 e. The van der Waals surface area contributed by atoms with Crippen LogP contribution in [0.4, 0.5) is 0 Å². The third-order valence-corrected chi connectivity index (χ3v) is 3.46. The predicted octanol–water partition coefficient (Wildman–Crippen LogP) is 1.40. The maximum atomic E-state index is 11.6. The van der Waals surface area contributed by atoms with Crippen molar-refractivity contribution in [2.75, 3.05) is 27.2 Å². The molecule has 0 heterocycles. The third kappa shape index (κ3) is 4.54. The highest BCUT2D eigenvalue weighted by molar-refractivity contribution is 7.90. The van der Waals surface area contributed by atoms with Crippen molar-refractivity contribution in [2.24, 2.45) is 4.52 Å². The van der Waals surface area contributed by atoms with Crippen LogP contribution in [-0.2, 0) is 14.8 Å². The van der Waals surface area contributed by atoms with Gasteiger partial charge in [-0.25, -0.2) is 13.2 Å². The first-order chi connectivity index (χ1) is 9.36. The summed E-state index contributed by atoms with van der Waals surface area (Å²) in [6, 6.07) is 4.98. The molecule has 0 bridgehead atoms. The highest BCUT2D eigenvalue weighted by Crippen LogP contribution is 2.14. The van der Waals surface area contributed by atoms with E-state index in [4.69, 9.17) is 10.3 Å². The molecule has 20 heavy (non-hydrogen) atoms. The van der Waals surface area contributed by atoms with E-state index in [9.17, 15) is 13.2 Å². The summed E-state index contributed by atoms with van der Waals surface area (Å²) in [5.41, 5.74) is 8.37. The van der Waals surface area contributed by atoms with Crippen LogP contribution in [0, 0.1) is 0 Å². The Labute approximate surface area is 116 Å². The lowest BCUT2D eigenvalue weighted by molar-refractivity contribution is 0.0481. The van der Waals surface area contributed by atoms with Crippen molar-refractivity contribution < 1.29 is 17.9 Å². The number of hydrogen-bond donors (Lipinski definition) is 0. The molecule has 8 nitrogen and oxygen atoms in total. The molecule has 108 valence electrons. The summed E-state index contributed by atoms with van der Waals surface area (Å²) in [5, 5.41) is 0. The summed E-state index contributed by atoms with van der Waals surface area (Å²) in [6.07, 6.45) is 0. The molecule has 0 aliphatic heterocycles. The van der Waals surface area contributed by atoms with Gasteiger partial charge in [-0.05, 0) is 43.9 Å². The second-order valence-electron chi connectivity index (χ2n) is 4.11. The quantitative estimate of drug-likeness (QED) is 0.341. The van der Waals surface area contributed by atoms with E-state index in [1.807, 2.05) is 19.0 Å². The van der Waals surface area contributed by atoms with Crippen molar-refractivity contribution in [1.82, 2.24) is 4.90 Å². The fourth-order valence-corrected chi connectivity index (χ4v) is 1.93. The number of nitrogens with zero attached hydrogens (tertiary/aromatic N) is 4. The summed E-state index contributed by atoms with van der Waals surface area (Å²) >= 11 is 0. The van der Waals surface area contributed by atoms with E-state index >= 15 is 0 Å². The average Bonchev–Trinajstić information content (AvgIpc) is 2.38. The van der Waals surface area contributed by atoms with Crippen LogP contribution in [0.5, 0.6) is 0 Å². The Morgan fingerprint density at radius 2 is 1.95 bits per heavy atom. The van der Waals surface area contributed by atoms with E-state index in [1.165, 1.54) is 24.3 Å². The molecule has 0 N–H and O–H groups in total. The van der Waals surface area contributed by atoms with Crippen LogP contribution in [0.2, 0.25) is 0 Å². The molecule has 0 atom stereocenters. The van der Waals surface area contributed by atoms with Gasteiger partial charge < -0.3 is 9.64 Å². The molecule has 0 fully saturated rings. The molecular weight excluding hydrogens is 284 g/mol. The van der Waals surface area contributed by atoms with Gasteiger partial charge in [-0.3, -0.25) is 0 Å². The zero-order valence-corrected chi connectivity index (χ0v) is 11.9. The van der Waals surface area contributed by atoms with Crippen LogP contribution in [0.25, 0.3) is 10.4 Å². The number of benzene rings is 1. The number of azide groups is 1. The summed E-state index contributed by atoms with van der Waals surface area (Å²) < 4.78 is 30.5. The third-order valence-electron chi connectivity index (χ3n) is 2.30. The smallest absolute Gasteiger partial charge is 0.338 e. The fraction of sp³-hybridized carbons (Fsp3) is 0.364. The van der Waals surface area contributed by atoms with Crippen LogP contribution in [0.1, 0.15) is 10.4 Å². The largest absolute Gasteiger partial charge is 0.461 e. The fourth-order valence-electron chi connectivity index (χ4n) is 1.26. The first-order valence-corrected chi connectivity index (χ1v) is 7.04. The predicted molar refractivity (Wildman–Crippen MR) is 71.6 cm³/mol. The van der Waals surface area contributed by atoms with Crippen LogP contribution in [0.15, 0.2) is 33.7 Å². The Morgan fingerprint density at radius 3 is 2.45 bits per heavy atom. The number of esters is 1. The average molecular weight is 298 g/mol. The summed E-state index contributed by atoms with van der Waals surface area (Å²) in [5.74, 6) is -0.542. The van der Waals surface area contributed by atoms with Gasteiger partial charge in [0.2, 0.25) is 0 Å². The first kappa shape index (κ1) is 16.0. The molecule has 0 unspecified atom stereocenters. The zero-order chi connectivity index (χ0) is 15.2. The van der Waals surface area contributed by atoms with Gasteiger partial charge in [-0.15, -0.1) is 0 Å². The lowest BCUT2D eigenvalue weighted by Crippen LogP contribution is -2.20. The molecule has 0 aromatic heterocycles. The second kappa shape index (κ2) is 6.90. The van der Waals surface area contributed by atoms with Gasteiger partial charge in [0.25, 0.3) is 10.0 Å². The van der Waals surface area contributed by atoms with Crippen LogP contribution in [-0.4, -0.2) is 46.5 Å². The highest BCUT2D eigenvalue weighted by atomic mass is 32.2. The molecule has 0 radical (unpaired) electrons. The molecule has 0 amide bonds. The minimum atomic E-state index is -4.03. The maximum Gasteiger partial charge on any atom is 0.338 e. The van der Waals surface area contributed by atoms with Crippen molar-refractivity contribution in [3.05, 3.63) is 40.3 Å². The van der Waals surface area contributed by atoms with Gasteiger partial charge in [0.05, 0.1) is 10.5 Å². The molecule has 1 aromatic carbocycles. The van der Waals surface area contributed by atoms with E-state index in [-0.39, 0.29) is 17.1 Å². The van der Waals surface area contributed by atoms with Gasteiger partial charge in [-0.1, -0.05) is 0 Å². The molecule has 0 saturated heterocycles. The van der Waals surface area contributed by atoms with Gasteiger partial charge in [0, 0.05) is 16.0 Å². The van der Waals surface area contributed by atoms with E-state index in [0.717, 1.165) is 0 Å². The van der Waals surface area contributed by atoms with Gasteiger partial charge >= 0.3 is 5.97 Å². The van der Waals surface area contributed by atoms with Crippen molar-refractivity contribution >= 4 is 16.0 Å². The monoisotopic (exact) mass is 298 g/mol. The topological polar surface area (TPSA) is 112 Å². The van der Waals surface area contributed by atoms with Crippen molar-refractivity contribution in [2.45, 2.75) is 4.90 Å². The number of carbonyl (C=O) groups is 1. The summed E-state index contributed by atoms with van der Waals surface area (Å²) in [4.78, 5) is 15.6. The van der Waals surface area contributed by atoms with E-state index in [1.54, 1.807) is 0 Å². The molecule has 1 aromatic rings. The van der Waals surface area contributed by atoms with E-state index < -0.39 is 16.0 Å². The molecule has 9 heteroatoms. The lowest BCUT2D eigenvalue weighted by atomic mass is 10.2. The Bertz CT molecular complexity index is 618. The Morgan fingerprint density at radius 1 is 1.35 bits per heavy atom. The number of likely N-dealkylation sites (N-methyl/N-ethyl adjacent to an activating group) is 1. The maximum absolute atomic E-state index is 11.6. The van der Waals surface area contributed by atoms with Crippen molar-refractivity contribution in [1.29, 1.82) is 0 Å². The normalized spacial score (nSPS) is 10.9. The minimum absolute atomic E-state index is 0.180. The number of sulfonamides is 1. The standard InChI is InChI=1S/C11H14N4O4S/c1-15(2)7-8-19-11(16)9-3-5-10(6-4-9)20(17,18)14-13-12/h3-6H,7-8H2,1-2H3. The summed E-state index contributed by atoms with van der Waals surface area (Å²) in [7, 11) is -0.331. The highest BCUT2D eigenvalue weighted by Gasteiger charge is 2.13. The molecule has 1 rings (SSSR count). The van der Waals surface area contributed by atoms with Crippen molar-refractivity contribution in [3.8, 4) is 0 Å². The van der Waals surface area contributed by atoms with Crippen LogP contribution in [0.3, 0.4) is 0 Å². The molecule has 0 aliphatic rings. The SMILES string of the molecule is CN(C)CCOC(=O)c1ccc(S(=O)(=O)N=[N+]=[N-])cc1. The van der Waals surface area contributed by atoms with Crippen LogP contribution >= 0.6 is 0 Å².